The normalized spacial score (nSPS) is 33.0. The molecule has 0 radical (unpaired) electrons. The molecule has 0 aromatic carbocycles. The van der Waals surface area contributed by atoms with E-state index in [1.807, 2.05) is 0 Å². The highest BCUT2D eigenvalue weighted by molar-refractivity contribution is 8.17. The fraction of sp³-hybridized carbons (Fsp3) is 1.00. The van der Waals surface area contributed by atoms with Crippen LogP contribution in [0.2, 0.25) is 0 Å². The van der Waals surface area contributed by atoms with E-state index >= 15 is 0 Å². The largest absolute Gasteiger partial charge is 0.388 e. The minimum absolute atomic E-state index is 0.0891. The first-order chi connectivity index (χ1) is 8.91. The molecule has 7 heteroatoms. The number of ether oxygens (including phenoxy) is 2. The molecule has 2 aliphatic heterocycles. The Bertz CT molecular complexity index is 296. The van der Waals surface area contributed by atoms with Crippen molar-refractivity contribution in [3.63, 3.8) is 0 Å². The number of rotatable bonds is 4. The van der Waals surface area contributed by atoms with Crippen LogP contribution < -0.4 is 0 Å². The van der Waals surface area contributed by atoms with Crippen molar-refractivity contribution in [2.45, 2.75) is 55.1 Å². The Balaban J connectivity index is 1.89. The lowest BCUT2D eigenvalue weighted by Gasteiger charge is -2.32. The molecule has 2 rings (SSSR count). The van der Waals surface area contributed by atoms with Gasteiger partial charge in [0.25, 0.3) is 0 Å². The van der Waals surface area contributed by atoms with E-state index in [1.165, 1.54) is 0 Å². The molecule has 2 fully saturated rings. The monoisotopic (exact) mass is 310 g/mol. The zero-order valence-electron chi connectivity index (χ0n) is 11.2. The van der Waals surface area contributed by atoms with Gasteiger partial charge in [-0.25, -0.2) is 0 Å². The first-order valence-electron chi connectivity index (χ1n) is 6.50. The van der Waals surface area contributed by atoms with Gasteiger partial charge in [-0.2, -0.15) is 0 Å². The lowest BCUT2D eigenvalue weighted by Crippen LogP contribution is -2.49. The zero-order valence-corrected chi connectivity index (χ0v) is 12.8. The molecule has 0 amide bonds. The van der Waals surface area contributed by atoms with E-state index in [2.05, 4.69) is 0 Å². The van der Waals surface area contributed by atoms with Crippen molar-refractivity contribution < 1.29 is 24.8 Å². The highest BCUT2D eigenvalue weighted by Gasteiger charge is 2.43. The SMILES string of the molecule is CC1(C)OC[C@H]([C@H](O)[C@H](O)[C@@H](O)C2SCCCS2)O1. The van der Waals surface area contributed by atoms with Gasteiger partial charge in [0.05, 0.1) is 11.2 Å². The summed E-state index contributed by atoms with van der Waals surface area (Å²) in [6.07, 6.45) is -2.80. The Labute approximate surface area is 122 Å². The van der Waals surface area contributed by atoms with E-state index in [-0.39, 0.29) is 11.2 Å². The average Bonchev–Trinajstić information content (AvgIpc) is 2.77. The molecular weight excluding hydrogens is 288 g/mol. The molecule has 0 aromatic rings. The van der Waals surface area contributed by atoms with Crippen LogP contribution in [0.1, 0.15) is 20.3 Å². The standard InChI is InChI=1S/C12H22O5S2/c1-12(2)16-6-7(17-12)8(13)9(14)10(15)11-18-4-3-5-19-11/h7-11,13-15H,3-6H2,1-2H3/t7-,8+,9+,10-/m1/s1. The van der Waals surface area contributed by atoms with Crippen LogP contribution in [-0.4, -0.2) is 68.2 Å². The Morgan fingerprint density at radius 2 is 1.74 bits per heavy atom. The third-order valence-electron chi connectivity index (χ3n) is 3.24. The second-order valence-corrected chi connectivity index (χ2v) is 8.10. The van der Waals surface area contributed by atoms with E-state index in [0.717, 1.165) is 17.9 Å². The van der Waals surface area contributed by atoms with E-state index < -0.39 is 30.2 Å². The van der Waals surface area contributed by atoms with Crippen molar-refractivity contribution in [3.05, 3.63) is 0 Å². The Hall–Kier alpha value is 0.500. The van der Waals surface area contributed by atoms with E-state index in [0.29, 0.717) is 0 Å². The molecule has 5 nitrogen and oxygen atoms in total. The average molecular weight is 310 g/mol. The first kappa shape index (κ1) is 15.9. The lowest BCUT2D eigenvalue weighted by molar-refractivity contribution is -0.167. The topological polar surface area (TPSA) is 79.2 Å². The number of aliphatic hydroxyl groups excluding tert-OH is 3. The Morgan fingerprint density at radius 1 is 1.11 bits per heavy atom. The molecule has 0 saturated carbocycles. The van der Waals surface area contributed by atoms with Gasteiger partial charge in [-0.1, -0.05) is 0 Å². The van der Waals surface area contributed by atoms with Gasteiger partial charge in [-0.3, -0.25) is 0 Å². The molecule has 0 unspecified atom stereocenters. The van der Waals surface area contributed by atoms with Crippen LogP contribution in [-0.2, 0) is 9.47 Å². The fourth-order valence-electron chi connectivity index (χ4n) is 2.17. The predicted molar refractivity (Wildman–Crippen MR) is 76.2 cm³/mol. The highest BCUT2D eigenvalue weighted by atomic mass is 32.2. The summed E-state index contributed by atoms with van der Waals surface area (Å²) in [7, 11) is 0. The van der Waals surface area contributed by atoms with Crippen molar-refractivity contribution >= 4 is 23.5 Å². The number of hydrogen-bond donors (Lipinski definition) is 3. The van der Waals surface area contributed by atoms with E-state index in [9.17, 15) is 15.3 Å². The molecule has 2 saturated heterocycles. The molecule has 4 atom stereocenters. The molecule has 2 heterocycles. The predicted octanol–water partition coefficient (Wildman–Crippen LogP) is 0.417. The molecule has 3 N–H and O–H groups in total. The molecule has 0 bridgehead atoms. The third-order valence-corrected chi connectivity index (χ3v) is 6.32. The van der Waals surface area contributed by atoms with Crippen molar-refractivity contribution in [1.82, 2.24) is 0 Å². The minimum Gasteiger partial charge on any atom is -0.388 e. The fourth-order valence-corrected chi connectivity index (χ4v) is 5.12. The van der Waals surface area contributed by atoms with E-state index in [4.69, 9.17) is 9.47 Å². The quantitative estimate of drug-likeness (QED) is 0.694. The number of hydrogen-bond acceptors (Lipinski definition) is 7. The van der Waals surface area contributed by atoms with Crippen LogP contribution in [0.5, 0.6) is 0 Å². The van der Waals surface area contributed by atoms with Crippen LogP contribution >= 0.6 is 23.5 Å². The molecule has 0 aromatic heterocycles. The van der Waals surface area contributed by atoms with Crippen LogP contribution in [0.15, 0.2) is 0 Å². The van der Waals surface area contributed by atoms with Crippen molar-refractivity contribution in [1.29, 1.82) is 0 Å². The van der Waals surface area contributed by atoms with Gasteiger partial charge in [-0.15, -0.1) is 23.5 Å². The molecule has 112 valence electrons. The zero-order chi connectivity index (χ0) is 14.0. The van der Waals surface area contributed by atoms with Crippen LogP contribution in [0, 0.1) is 0 Å². The van der Waals surface area contributed by atoms with Crippen LogP contribution in [0.3, 0.4) is 0 Å². The van der Waals surface area contributed by atoms with Gasteiger partial charge < -0.3 is 24.8 Å². The molecule has 19 heavy (non-hydrogen) atoms. The number of thioether (sulfide) groups is 2. The second-order valence-electron chi connectivity index (χ2n) is 5.30. The van der Waals surface area contributed by atoms with Crippen LogP contribution in [0.25, 0.3) is 0 Å². The van der Waals surface area contributed by atoms with Gasteiger partial charge >= 0.3 is 0 Å². The van der Waals surface area contributed by atoms with Crippen molar-refractivity contribution in [3.8, 4) is 0 Å². The highest BCUT2D eigenvalue weighted by Crippen LogP contribution is 2.35. The number of aliphatic hydroxyl groups is 3. The maximum Gasteiger partial charge on any atom is 0.163 e. The molecular formula is C12H22O5S2. The van der Waals surface area contributed by atoms with Crippen molar-refractivity contribution in [2.75, 3.05) is 18.1 Å². The Morgan fingerprint density at radius 3 is 2.26 bits per heavy atom. The van der Waals surface area contributed by atoms with Gasteiger partial charge in [0.1, 0.15) is 24.4 Å². The summed E-state index contributed by atoms with van der Waals surface area (Å²) in [5.74, 6) is 1.21. The van der Waals surface area contributed by atoms with Gasteiger partial charge in [0.2, 0.25) is 0 Å². The molecule has 2 aliphatic rings. The second kappa shape index (κ2) is 6.51. The first-order valence-corrected chi connectivity index (χ1v) is 8.60. The minimum atomic E-state index is -1.22. The summed E-state index contributed by atoms with van der Waals surface area (Å²) in [5.41, 5.74) is 0. The van der Waals surface area contributed by atoms with Crippen molar-refractivity contribution in [2.24, 2.45) is 0 Å². The molecule has 0 spiro atoms. The van der Waals surface area contributed by atoms with Gasteiger partial charge in [-0.05, 0) is 31.8 Å². The smallest absolute Gasteiger partial charge is 0.163 e. The third kappa shape index (κ3) is 4.00. The van der Waals surface area contributed by atoms with E-state index in [1.54, 1.807) is 37.4 Å². The summed E-state index contributed by atoms with van der Waals surface area (Å²) in [4.78, 5) is 0. The van der Waals surface area contributed by atoms with Gasteiger partial charge in [0.15, 0.2) is 5.79 Å². The van der Waals surface area contributed by atoms with Crippen LogP contribution in [0.4, 0.5) is 0 Å². The van der Waals surface area contributed by atoms with Gasteiger partial charge in [0, 0.05) is 0 Å². The lowest BCUT2D eigenvalue weighted by atomic mass is 10.0. The summed E-state index contributed by atoms with van der Waals surface area (Å²) in [6.45, 7) is 3.74. The summed E-state index contributed by atoms with van der Waals surface area (Å²) in [5, 5.41) is 30.4. The molecule has 0 aliphatic carbocycles. The maximum absolute atomic E-state index is 10.2. The Kier molecular flexibility index (Phi) is 5.44. The summed E-state index contributed by atoms with van der Waals surface area (Å²) in [6, 6.07) is 0. The summed E-state index contributed by atoms with van der Waals surface area (Å²) >= 11 is 3.26. The summed E-state index contributed by atoms with van der Waals surface area (Å²) < 4.78 is 10.8. The maximum atomic E-state index is 10.2.